The van der Waals surface area contributed by atoms with Crippen LogP contribution in [0.4, 0.5) is 10.7 Å². The van der Waals surface area contributed by atoms with Gasteiger partial charge in [-0.2, -0.15) is 0 Å². The number of carbonyl (C=O) groups is 2. The largest absolute Gasteiger partial charge is 0.465 e. The molecule has 0 saturated carbocycles. The number of nitrogens with one attached hydrogen (secondary N) is 1. The summed E-state index contributed by atoms with van der Waals surface area (Å²) in [6, 6.07) is 17.6. The molecule has 8 nitrogen and oxygen atoms in total. The van der Waals surface area contributed by atoms with Gasteiger partial charge in [0.25, 0.3) is 0 Å². The first-order valence-corrected chi connectivity index (χ1v) is 12.6. The Hall–Kier alpha value is -3.63. The fourth-order valence-electron chi connectivity index (χ4n) is 3.48. The molecule has 35 heavy (non-hydrogen) atoms. The van der Waals surface area contributed by atoms with Crippen molar-refractivity contribution in [2.45, 2.75) is 5.16 Å². The number of hydrogen-bond acceptors (Lipinski definition) is 8. The van der Waals surface area contributed by atoms with E-state index in [0.717, 1.165) is 28.2 Å². The average Bonchev–Trinajstić information content (AvgIpc) is 3.46. The van der Waals surface area contributed by atoms with Gasteiger partial charge < -0.3 is 19.5 Å². The maximum Gasteiger partial charge on any atom is 0.341 e. The van der Waals surface area contributed by atoms with Crippen LogP contribution < -0.4 is 10.2 Å². The predicted octanol–water partition coefficient (Wildman–Crippen LogP) is 4.79. The summed E-state index contributed by atoms with van der Waals surface area (Å²) >= 11 is 2.57. The lowest BCUT2D eigenvalue weighted by Gasteiger charge is -2.12. The molecule has 180 valence electrons. The van der Waals surface area contributed by atoms with Crippen molar-refractivity contribution in [1.29, 1.82) is 0 Å². The van der Waals surface area contributed by atoms with Gasteiger partial charge in [-0.25, -0.2) is 4.79 Å². The summed E-state index contributed by atoms with van der Waals surface area (Å²) in [6.45, 7) is 0. The van der Waals surface area contributed by atoms with E-state index in [9.17, 15) is 9.59 Å². The van der Waals surface area contributed by atoms with Crippen LogP contribution in [0.3, 0.4) is 0 Å². The highest BCUT2D eigenvalue weighted by atomic mass is 32.2. The van der Waals surface area contributed by atoms with Crippen molar-refractivity contribution in [3.63, 3.8) is 0 Å². The zero-order valence-electron chi connectivity index (χ0n) is 19.8. The molecule has 2 heterocycles. The molecule has 4 aromatic rings. The van der Waals surface area contributed by atoms with Crippen LogP contribution in [0.25, 0.3) is 22.5 Å². The van der Waals surface area contributed by atoms with Crippen LogP contribution in [-0.4, -0.2) is 53.6 Å². The highest BCUT2D eigenvalue weighted by Crippen LogP contribution is 2.36. The number of benzene rings is 2. The Balaban J connectivity index is 1.46. The highest BCUT2D eigenvalue weighted by molar-refractivity contribution is 7.99. The van der Waals surface area contributed by atoms with Crippen LogP contribution in [0.5, 0.6) is 0 Å². The van der Waals surface area contributed by atoms with E-state index in [1.54, 1.807) is 0 Å². The number of amides is 1. The standard InChI is InChI=1S/C25H25N5O3S2/c1-29(2)18-12-10-17(11-13-18)22-27-28-25(30(22)3)35-15-20(31)26-23-21(24(32)33-4)19(14-34-23)16-8-6-5-7-9-16/h5-14H,15H2,1-4H3,(H,26,31). The summed E-state index contributed by atoms with van der Waals surface area (Å²) in [4.78, 5) is 27.3. The van der Waals surface area contributed by atoms with Crippen LogP contribution in [0.15, 0.2) is 65.1 Å². The summed E-state index contributed by atoms with van der Waals surface area (Å²) < 4.78 is 6.84. The molecule has 0 fully saturated rings. The maximum absolute atomic E-state index is 12.7. The quantitative estimate of drug-likeness (QED) is 0.271. The van der Waals surface area contributed by atoms with E-state index >= 15 is 0 Å². The summed E-state index contributed by atoms with van der Waals surface area (Å²) in [5, 5.41) is 14.3. The van der Waals surface area contributed by atoms with Gasteiger partial charge in [-0.1, -0.05) is 42.1 Å². The Morgan fingerprint density at radius 1 is 1.06 bits per heavy atom. The number of hydrogen-bond donors (Lipinski definition) is 1. The number of esters is 1. The van der Waals surface area contributed by atoms with Gasteiger partial charge in [0.15, 0.2) is 11.0 Å². The van der Waals surface area contributed by atoms with Gasteiger partial charge in [0.2, 0.25) is 5.91 Å². The number of thioether (sulfide) groups is 1. The number of nitrogens with zero attached hydrogens (tertiary/aromatic N) is 4. The van der Waals surface area contributed by atoms with Crippen molar-refractivity contribution in [3.05, 3.63) is 65.5 Å². The summed E-state index contributed by atoms with van der Waals surface area (Å²) in [5.41, 5.74) is 3.99. The van der Waals surface area contributed by atoms with Gasteiger partial charge in [-0.3, -0.25) is 4.79 Å². The molecule has 0 aliphatic rings. The van der Waals surface area contributed by atoms with Crippen LogP contribution in [0.2, 0.25) is 0 Å². The summed E-state index contributed by atoms with van der Waals surface area (Å²) in [7, 11) is 7.18. The molecule has 0 spiro atoms. The number of anilines is 2. The molecule has 4 rings (SSSR count). The van der Waals surface area contributed by atoms with Gasteiger partial charge >= 0.3 is 5.97 Å². The summed E-state index contributed by atoms with van der Waals surface area (Å²) in [6.07, 6.45) is 0. The first-order valence-electron chi connectivity index (χ1n) is 10.7. The number of carbonyl (C=O) groups excluding carboxylic acids is 2. The minimum atomic E-state index is -0.494. The molecule has 0 bridgehead atoms. The number of thiophene rings is 1. The fourth-order valence-corrected chi connectivity index (χ4v) is 5.16. The molecular formula is C25H25N5O3S2. The minimum Gasteiger partial charge on any atom is -0.465 e. The Labute approximate surface area is 211 Å². The first-order chi connectivity index (χ1) is 16.9. The second kappa shape index (κ2) is 10.7. The van der Waals surface area contributed by atoms with Gasteiger partial charge in [-0.15, -0.1) is 21.5 Å². The molecular weight excluding hydrogens is 482 g/mol. The topological polar surface area (TPSA) is 89.3 Å². The zero-order chi connectivity index (χ0) is 24.9. The number of aromatic nitrogens is 3. The molecule has 0 aliphatic heterocycles. The lowest BCUT2D eigenvalue weighted by atomic mass is 10.0. The molecule has 0 saturated heterocycles. The molecule has 0 atom stereocenters. The van der Waals surface area contributed by atoms with E-state index in [1.807, 2.05) is 90.6 Å². The van der Waals surface area contributed by atoms with Gasteiger partial charge in [0.05, 0.1) is 12.9 Å². The third-order valence-corrected chi connectivity index (χ3v) is 7.24. The number of ether oxygens (including phenoxy) is 1. The molecule has 10 heteroatoms. The van der Waals surface area contributed by atoms with Crippen molar-refractivity contribution in [3.8, 4) is 22.5 Å². The van der Waals surface area contributed by atoms with Crippen LogP contribution in [0, 0.1) is 0 Å². The second-order valence-electron chi connectivity index (χ2n) is 7.85. The van der Waals surface area contributed by atoms with E-state index in [-0.39, 0.29) is 11.7 Å². The van der Waals surface area contributed by atoms with E-state index in [4.69, 9.17) is 4.74 Å². The van der Waals surface area contributed by atoms with Crippen molar-refractivity contribution in [2.24, 2.45) is 7.05 Å². The first kappa shape index (κ1) is 24.5. The Kier molecular flexibility index (Phi) is 7.52. The third kappa shape index (κ3) is 5.39. The second-order valence-corrected chi connectivity index (χ2v) is 9.68. The third-order valence-electron chi connectivity index (χ3n) is 5.33. The lowest BCUT2D eigenvalue weighted by molar-refractivity contribution is -0.113. The van der Waals surface area contributed by atoms with Gasteiger partial charge in [0, 0.05) is 43.3 Å². The average molecular weight is 508 g/mol. The summed E-state index contributed by atoms with van der Waals surface area (Å²) in [5.74, 6) is 0.0924. The highest BCUT2D eigenvalue weighted by Gasteiger charge is 2.22. The Morgan fingerprint density at radius 2 is 1.77 bits per heavy atom. The van der Waals surface area contributed by atoms with E-state index in [1.165, 1.54) is 30.2 Å². The number of rotatable bonds is 8. The van der Waals surface area contributed by atoms with E-state index in [0.29, 0.717) is 15.7 Å². The monoisotopic (exact) mass is 507 g/mol. The molecule has 2 aromatic heterocycles. The lowest BCUT2D eigenvalue weighted by Crippen LogP contribution is -2.16. The van der Waals surface area contributed by atoms with Crippen LogP contribution in [0.1, 0.15) is 10.4 Å². The SMILES string of the molecule is COC(=O)c1c(-c2ccccc2)csc1NC(=O)CSc1nnc(-c2ccc(N(C)C)cc2)n1C. The molecule has 2 aromatic carbocycles. The molecule has 1 N–H and O–H groups in total. The molecule has 0 aliphatic carbocycles. The normalized spacial score (nSPS) is 10.7. The van der Waals surface area contributed by atoms with Crippen molar-refractivity contribution in [1.82, 2.24) is 14.8 Å². The van der Waals surface area contributed by atoms with Crippen molar-refractivity contribution < 1.29 is 14.3 Å². The Bertz CT molecular complexity index is 1330. The molecule has 0 radical (unpaired) electrons. The van der Waals surface area contributed by atoms with Gasteiger partial charge in [0.1, 0.15) is 10.6 Å². The van der Waals surface area contributed by atoms with Crippen LogP contribution >= 0.6 is 23.1 Å². The minimum absolute atomic E-state index is 0.116. The van der Waals surface area contributed by atoms with Crippen molar-refractivity contribution in [2.75, 3.05) is 37.2 Å². The molecule has 1 amide bonds. The Morgan fingerprint density at radius 3 is 2.43 bits per heavy atom. The molecule has 0 unspecified atom stereocenters. The smallest absolute Gasteiger partial charge is 0.341 e. The van der Waals surface area contributed by atoms with Crippen molar-refractivity contribution >= 4 is 45.7 Å². The van der Waals surface area contributed by atoms with E-state index < -0.39 is 5.97 Å². The fraction of sp³-hybridized carbons (Fsp3) is 0.200. The number of methoxy groups -OCH3 is 1. The van der Waals surface area contributed by atoms with Gasteiger partial charge in [-0.05, 0) is 29.8 Å². The maximum atomic E-state index is 12.7. The van der Waals surface area contributed by atoms with Crippen LogP contribution in [-0.2, 0) is 16.6 Å². The van der Waals surface area contributed by atoms with E-state index in [2.05, 4.69) is 15.5 Å². The predicted molar refractivity (Wildman–Crippen MR) is 141 cm³/mol. The zero-order valence-corrected chi connectivity index (χ0v) is 21.4.